The molecule has 3 rings (SSSR count). The zero-order chi connectivity index (χ0) is 14.7. The van der Waals surface area contributed by atoms with Crippen LogP contribution >= 0.6 is 0 Å². The van der Waals surface area contributed by atoms with E-state index in [2.05, 4.69) is 34.1 Å². The quantitative estimate of drug-likeness (QED) is 0.920. The Morgan fingerprint density at radius 2 is 1.71 bits per heavy atom. The van der Waals surface area contributed by atoms with Gasteiger partial charge in [0.15, 0.2) is 0 Å². The van der Waals surface area contributed by atoms with E-state index < -0.39 is 6.09 Å². The van der Waals surface area contributed by atoms with Gasteiger partial charge in [-0.25, -0.2) is 4.79 Å². The van der Waals surface area contributed by atoms with Crippen molar-refractivity contribution < 1.29 is 9.90 Å². The van der Waals surface area contributed by atoms with E-state index in [0.717, 1.165) is 29.9 Å². The largest absolute Gasteiger partial charge is 0.465 e. The molecule has 0 radical (unpaired) electrons. The van der Waals surface area contributed by atoms with Gasteiger partial charge in [-0.2, -0.15) is 0 Å². The molecule has 1 saturated heterocycles. The van der Waals surface area contributed by atoms with Crippen molar-refractivity contribution in [1.29, 1.82) is 0 Å². The molecule has 2 aromatic rings. The lowest BCUT2D eigenvalue weighted by atomic mass is 10.1. The molecule has 2 heterocycles. The molecule has 0 atom stereocenters. The van der Waals surface area contributed by atoms with Crippen LogP contribution in [0.3, 0.4) is 0 Å². The highest BCUT2D eigenvalue weighted by Gasteiger charge is 2.20. The van der Waals surface area contributed by atoms with Gasteiger partial charge in [0.05, 0.1) is 0 Å². The SMILES string of the molecule is O=C(O)N1CCN(c2ccc(-c3cccnc3)cc2)CC1. The smallest absolute Gasteiger partial charge is 0.407 e. The summed E-state index contributed by atoms with van der Waals surface area (Å²) in [7, 11) is 0. The number of hydrogen-bond donors (Lipinski definition) is 1. The predicted molar refractivity (Wildman–Crippen MR) is 81.5 cm³/mol. The summed E-state index contributed by atoms with van der Waals surface area (Å²) in [5, 5.41) is 8.96. The van der Waals surface area contributed by atoms with Crippen LogP contribution in [0.15, 0.2) is 48.8 Å². The lowest BCUT2D eigenvalue weighted by Gasteiger charge is -2.34. The molecule has 1 aliphatic rings. The first-order chi connectivity index (χ1) is 10.2. The number of aromatic nitrogens is 1. The Balaban J connectivity index is 1.69. The van der Waals surface area contributed by atoms with Crippen molar-refractivity contribution in [3.8, 4) is 11.1 Å². The molecular weight excluding hydrogens is 266 g/mol. The minimum absolute atomic E-state index is 0.555. The Kier molecular flexibility index (Phi) is 3.73. The molecule has 21 heavy (non-hydrogen) atoms. The Hall–Kier alpha value is -2.56. The highest BCUT2D eigenvalue weighted by Crippen LogP contribution is 2.23. The molecule has 108 valence electrons. The minimum Gasteiger partial charge on any atom is -0.465 e. The van der Waals surface area contributed by atoms with Crippen molar-refractivity contribution in [3.05, 3.63) is 48.8 Å². The number of amides is 1. The number of anilines is 1. The highest BCUT2D eigenvalue weighted by atomic mass is 16.4. The van der Waals surface area contributed by atoms with Crippen molar-refractivity contribution in [2.45, 2.75) is 0 Å². The van der Waals surface area contributed by atoms with Gasteiger partial charge in [-0.1, -0.05) is 18.2 Å². The van der Waals surface area contributed by atoms with Gasteiger partial charge in [-0.15, -0.1) is 0 Å². The van der Waals surface area contributed by atoms with Crippen LogP contribution in [0.25, 0.3) is 11.1 Å². The van der Waals surface area contributed by atoms with E-state index in [1.54, 1.807) is 6.20 Å². The molecule has 1 aromatic carbocycles. The van der Waals surface area contributed by atoms with Crippen molar-refractivity contribution in [3.63, 3.8) is 0 Å². The molecule has 1 N–H and O–H groups in total. The van der Waals surface area contributed by atoms with E-state index >= 15 is 0 Å². The number of piperazine rings is 1. The maximum absolute atomic E-state index is 10.9. The van der Waals surface area contributed by atoms with E-state index in [1.165, 1.54) is 4.90 Å². The fourth-order valence-electron chi connectivity index (χ4n) is 2.55. The summed E-state index contributed by atoms with van der Waals surface area (Å²) < 4.78 is 0. The Labute approximate surface area is 123 Å². The Morgan fingerprint density at radius 1 is 1.00 bits per heavy atom. The summed E-state index contributed by atoms with van der Waals surface area (Å²) in [5.74, 6) is 0. The van der Waals surface area contributed by atoms with Crippen LogP contribution in [0.5, 0.6) is 0 Å². The van der Waals surface area contributed by atoms with Gasteiger partial charge in [0.2, 0.25) is 0 Å². The first kappa shape index (κ1) is 13.4. The summed E-state index contributed by atoms with van der Waals surface area (Å²) in [5.41, 5.74) is 3.36. The van der Waals surface area contributed by atoms with Gasteiger partial charge in [-0.3, -0.25) is 4.98 Å². The van der Waals surface area contributed by atoms with Crippen LogP contribution < -0.4 is 4.90 Å². The van der Waals surface area contributed by atoms with Crippen LogP contribution in [-0.2, 0) is 0 Å². The molecule has 1 fully saturated rings. The monoisotopic (exact) mass is 283 g/mol. The van der Waals surface area contributed by atoms with Gasteiger partial charge >= 0.3 is 6.09 Å². The van der Waals surface area contributed by atoms with Crippen molar-refractivity contribution in [1.82, 2.24) is 9.88 Å². The zero-order valence-electron chi connectivity index (χ0n) is 11.6. The molecule has 0 unspecified atom stereocenters. The molecule has 0 aliphatic carbocycles. The number of benzene rings is 1. The van der Waals surface area contributed by atoms with Crippen LogP contribution in [0.2, 0.25) is 0 Å². The summed E-state index contributed by atoms with van der Waals surface area (Å²) >= 11 is 0. The summed E-state index contributed by atoms with van der Waals surface area (Å²) in [6.45, 7) is 2.58. The third-order valence-electron chi connectivity index (χ3n) is 3.78. The second-order valence-corrected chi connectivity index (χ2v) is 5.05. The van der Waals surface area contributed by atoms with Crippen molar-refractivity contribution in [2.24, 2.45) is 0 Å². The van der Waals surface area contributed by atoms with Crippen LogP contribution in [0, 0.1) is 0 Å². The van der Waals surface area contributed by atoms with Crippen LogP contribution in [0.4, 0.5) is 10.5 Å². The normalized spacial score (nSPS) is 15.0. The van der Waals surface area contributed by atoms with Gasteiger partial charge in [-0.05, 0) is 29.3 Å². The first-order valence-electron chi connectivity index (χ1n) is 6.97. The molecule has 1 amide bonds. The van der Waals surface area contributed by atoms with Gasteiger partial charge in [0.1, 0.15) is 0 Å². The molecule has 0 bridgehead atoms. The lowest BCUT2D eigenvalue weighted by molar-refractivity contribution is 0.142. The van der Waals surface area contributed by atoms with Gasteiger partial charge in [0.25, 0.3) is 0 Å². The number of nitrogens with zero attached hydrogens (tertiary/aromatic N) is 3. The van der Waals surface area contributed by atoms with E-state index in [-0.39, 0.29) is 0 Å². The number of carbonyl (C=O) groups is 1. The van der Waals surface area contributed by atoms with Crippen molar-refractivity contribution in [2.75, 3.05) is 31.1 Å². The number of hydrogen-bond acceptors (Lipinski definition) is 3. The summed E-state index contributed by atoms with van der Waals surface area (Å²) in [6.07, 6.45) is 2.78. The molecule has 0 saturated carbocycles. The topological polar surface area (TPSA) is 56.7 Å². The Morgan fingerprint density at radius 3 is 2.29 bits per heavy atom. The van der Waals surface area contributed by atoms with E-state index in [4.69, 9.17) is 5.11 Å². The summed E-state index contributed by atoms with van der Waals surface area (Å²) in [6, 6.07) is 12.3. The molecule has 5 heteroatoms. The zero-order valence-corrected chi connectivity index (χ0v) is 11.6. The van der Waals surface area contributed by atoms with Crippen LogP contribution in [-0.4, -0.2) is 47.3 Å². The average Bonchev–Trinajstić information content (AvgIpc) is 2.56. The van der Waals surface area contributed by atoms with Crippen molar-refractivity contribution >= 4 is 11.8 Å². The second-order valence-electron chi connectivity index (χ2n) is 5.05. The van der Waals surface area contributed by atoms with E-state index in [9.17, 15) is 4.79 Å². The first-order valence-corrected chi connectivity index (χ1v) is 6.97. The predicted octanol–water partition coefficient (Wildman–Crippen LogP) is 2.55. The maximum Gasteiger partial charge on any atom is 0.407 e. The average molecular weight is 283 g/mol. The fraction of sp³-hybridized carbons (Fsp3) is 0.250. The summed E-state index contributed by atoms with van der Waals surface area (Å²) in [4.78, 5) is 18.7. The molecular formula is C16H17N3O2. The second kappa shape index (κ2) is 5.83. The maximum atomic E-state index is 10.9. The lowest BCUT2D eigenvalue weighted by Crippen LogP contribution is -2.48. The number of pyridine rings is 1. The van der Waals surface area contributed by atoms with E-state index in [1.807, 2.05) is 18.3 Å². The standard InChI is InChI=1S/C16H17N3O2/c20-16(21)19-10-8-18(9-11-19)15-5-3-13(4-6-15)14-2-1-7-17-12-14/h1-7,12H,8-11H2,(H,20,21). The molecule has 0 spiro atoms. The van der Waals surface area contributed by atoms with Gasteiger partial charge in [0, 0.05) is 44.3 Å². The number of carboxylic acid groups (broad SMARTS) is 1. The third-order valence-corrected chi connectivity index (χ3v) is 3.78. The fourth-order valence-corrected chi connectivity index (χ4v) is 2.55. The molecule has 5 nitrogen and oxygen atoms in total. The minimum atomic E-state index is -0.832. The van der Waals surface area contributed by atoms with E-state index in [0.29, 0.717) is 13.1 Å². The number of rotatable bonds is 2. The highest BCUT2D eigenvalue weighted by molar-refractivity contribution is 5.67. The van der Waals surface area contributed by atoms with Crippen LogP contribution in [0.1, 0.15) is 0 Å². The Bertz CT molecular complexity index is 605. The molecule has 1 aliphatic heterocycles. The third kappa shape index (κ3) is 2.97. The molecule has 1 aromatic heterocycles. The van der Waals surface area contributed by atoms with Gasteiger partial charge < -0.3 is 14.9 Å².